The van der Waals surface area contributed by atoms with Crippen molar-refractivity contribution in [2.45, 2.75) is 29.7 Å². The molecule has 0 bridgehead atoms. The number of hydrogen-bond donors (Lipinski definition) is 2. The molecule has 9 nitrogen and oxygen atoms in total. The molecule has 1 saturated heterocycles. The van der Waals surface area contributed by atoms with Crippen molar-refractivity contribution < 1.29 is 18.3 Å². The second-order valence-electron chi connectivity index (χ2n) is 9.09. The summed E-state index contributed by atoms with van der Waals surface area (Å²) in [6.45, 7) is 2.22. The number of likely N-dealkylation sites (N-methyl/N-ethyl adjacent to an activating group) is 1. The summed E-state index contributed by atoms with van der Waals surface area (Å²) >= 11 is 0. The minimum absolute atomic E-state index is 0.0379. The number of sulfonamides is 1. The van der Waals surface area contributed by atoms with Gasteiger partial charge in [-0.15, -0.1) is 0 Å². The maximum absolute atomic E-state index is 13.1. The number of aromatic nitrogens is 2. The second kappa shape index (κ2) is 10.00. The van der Waals surface area contributed by atoms with Gasteiger partial charge in [0.2, 0.25) is 10.0 Å². The molecule has 1 fully saturated rings. The van der Waals surface area contributed by atoms with Crippen LogP contribution in [0.2, 0.25) is 0 Å². The molecule has 0 radical (unpaired) electrons. The molecule has 10 heteroatoms. The Labute approximate surface area is 205 Å². The zero-order valence-corrected chi connectivity index (χ0v) is 20.3. The Balaban J connectivity index is 1.51. The molecule has 0 spiro atoms. The first kappa shape index (κ1) is 23.8. The Morgan fingerprint density at radius 2 is 1.97 bits per heavy atom. The number of ether oxygens (including phenoxy) is 1. The smallest absolute Gasteiger partial charge is 0.244 e. The summed E-state index contributed by atoms with van der Waals surface area (Å²) in [6.07, 6.45) is 4.05. The molecule has 3 aromatic rings. The molecule has 0 unspecified atom stereocenters. The molecule has 2 aliphatic heterocycles. The summed E-state index contributed by atoms with van der Waals surface area (Å²) in [5.74, 6) is 0.290. The summed E-state index contributed by atoms with van der Waals surface area (Å²) in [5, 5.41) is 10.5. The van der Waals surface area contributed by atoms with Gasteiger partial charge in [0.25, 0.3) is 0 Å². The van der Waals surface area contributed by atoms with Gasteiger partial charge in [0, 0.05) is 56.9 Å². The summed E-state index contributed by atoms with van der Waals surface area (Å²) in [4.78, 5) is 13.0. The summed E-state index contributed by atoms with van der Waals surface area (Å²) in [7, 11) is -1.95. The largest absolute Gasteiger partial charge is 0.486 e. The highest BCUT2D eigenvalue weighted by Crippen LogP contribution is 2.33. The molecule has 0 saturated carbocycles. The maximum atomic E-state index is 13.1. The summed E-state index contributed by atoms with van der Waals surface area (Å²) in [5.41, 5.74) is 2.64. The first-order chi connectivity index (χ1) is 16.9. The van der Waals surface area contributed by atoms with Crippen molar-refractivity contribution in [3.05, 3.63) is 72.8 Å². The fourth-order valence-corrected chi connectivity index (χ4v) is 5.92. The van der Waals surface area contributed by atoms with E-state index in [1.54, 1.807) is 36.8 Å². The zero-order chi connectivity index (χ0) is 24.4. The van der Waals surface area contributed by atoms with Gasteiger partial charge in [0.05, 0.1) is 17.8 Å². The highest BCUT2D eigenvalue weighted by atomic mass is 32.2. The van der Waals surface area contributed by atoms with E-state index >= 15 is 0 Å². The first-order valence-corrected chi connectivity index (χ1v) is 13.1. The number of rotatable bonds is 3. The third kappa shape index (κ3) is 5.36. The van der Waals surface area contributed by atoms with Crippen LogP contribution < -0.4 is 9.46 Å². The fraction of sp³-hybridized carbons (Fsp3) is 0.360. The van der Waals surface area contributed by atoms with Gasteiger partial charge in [-0.2, -0.15) is 0 Å². The molecule has 2 aromatic heterocycles. The van der Waals surface area contributed by atoms with Gasteiger partial charge in [-0.05, 0) is 42.9 Å². The van der Waals surface area contributed by atoms with Crippen LogP contribution in [0.25, 0.3) is 11.1 Å². The number of likely N-dealkylation sites (tertiary alicyclic amines) is 1. The number of hydrogen-bond acceptors (Lipinski definition) is 8. The molecule has 184 valence electrons. The van der Waals surface area contributed by atoms with Gasteiger partial charge < -0.3 is 9.84 Å². The van der Waals surface area contributed by atoms with Gasteiger partial charge in [-0.25, -0.2) is 13.1 Å². The number of fused-ring (bicyclic) bond motifs is 2. The van der Waals surface area contributed by atoms with Crippen LogP contribution in [0.1, 0.15) is 5.69 Å². The number of benzene rings is 1. The lowest BCUT2D eigenvalue weighted by Crippen LogP contribution is -2.47. The van der Waals surface area contributed by atoms with E-state index < -0.39 is 16.1 Å². The first-order valence-electron chi connectivity index (χ1n) is 11.6. The second-order valence-corrected chi connectivity index (χ2v) is 10.8. The van der Waals surface area contributed by atoms with Crippen molar-refractivity contribution in [1.82, 2.24) is 24.5 Å². The lowest BCUT2D eigenvalue weighted by atomic mass is 10.1. The topological polar surface area (TPSA) is 108 Å². The lowest BCUT2D eigenvalue weighted by molar-refractivity contribution is 0.0713. The predicted molar refractivity (Wildman–Crippen MR) is 131 cm³/mol. The number of aliphatic hydroxyl groups is 1. The molecule has 0 amide bonds. The van der Waals surface area contributed by atoms with Gasteiger partial charge in [-0.1, -0.05) is 18.2 Å². The van der Waals surface area contributed by atoms with Crippen LogP contribution in [0.15, 0.2) is 72.0 Å². The van der Waals surface area contributed by atoms with E-state index in [4.69, 9.17) is 4.74 Å². The minimum atomic E-state index is -3.89. The van der Waals surface area contributed by atoms with Crippen LogP contribution in [0.5, 0.6) is 5.75 Å². The van der Waals surface area contributed by atoms with Crippen LogP contribution in [-0.2, 0) is 16.6 Å². The van der Waals surface area contributed by atoms with Crippen LogP contribution >= 0.6 is 0 Å². The Morgan fingerprint density at radius 3 is 2.74 bits per heavy atom. The van der Waals surface area contributed by atoms with E-state index in [2.05, 4.69) is 24.5 Å². The third-order valence-electron chi connectivity index (χ3n) is 6.50. The number of nitrogens with one attached hydrogen (secondary N) is 1. The number of nitrogens with zero attached hydrogens (tertiary/aromatic N) is 4. The van der Waals surface area contributed by atoms with Crippen molar-refractivity contribution in [2.75, 3.05) is 33.2 Å². The Morgan fingerprint density at radius 1 is 1.09 bits per heavy atom. The molecule has 4 heterocycles. The standard InChI is InChI=1S/C25H29N5O4S/c1-29-15-21(31)13-28-35(32,33)25-8-7-18(19-5-4-9-26-12-19)11-23(25)34-24-17-30(16-22(24)29)14-20-6-2-3-10-27-20/h2-12,21-22,24,28,31H,13-17H2,1H3/t21-,22+,24-/m0/s1. The summed E-state index contributed by atoms with van der Waals surface area (Å²) in [6, 6.07) is 14.6. The van der Waals surface area contributed by atoms with E-state index in [1.165, 1.54) is 0 Å². The highest BCUT2D eigenvalue weighted by Gasteiger charge is 2.39. The van der Waals surface area contributed by atoms with Crippen molar-refractivity contribution in [2.24, 2.45) is 0 Å². The Bertz CT molecular complexity index is 1260. The van der Waals surface area contributed by atoms with Crippen molar-refractivity contribution in [3.63, 3.8) is 0 Å². The Hall–Kier alpha value is -2.89. The van der Waals surface area contributed by atoms with Gasteiger partial charge >= 0.3 is 0 Å². The molecule has 2 aliphatic rings. The minimum Gasteiger partial charge on any atom is -0.486 e. The predicted octanol–water partition coefficient (Wildman–Crippen LogP) is 1.36. The highest BCUT2D eigenvalue weighted by molar-refractivity contribution is 7.89. The fourth-order valence-electron chi connectivity index (χ4n) is 4.74. The molecule has 0 aliphatic carbocycles. The molecule has 5 rings (SSSR count). The summed E-state index contributed by atoms with van der Waals surface area (Å²) < 4.78 is 35.3. The van der Waals surface area contributed by atoms with Gasteiger partial charge in [-0.3, -0.25) is 19.8 Å². The van der Waals surface area contributed by atoms with Gasteiger partial charge in [0.15, 0.2) is 0 Å². The van der Waals surface area contributed by atoms with Crippen molar-refractivity contribution in [1.29, 1.82) is 0 Å². The average Bonchev–Trinajstić information content (AvgIpc) is 3.25. The SMILES string of the molecule is CN1C[C@@H](O)CNS(=O)(=O)c2ccc(-c3cccnc3)cc2O[C@H]2CN(Cc3ccccn3)C[C@H]21. The lowest BCUT2D eigenvalue weighted by Gasteiger charge is -2.30. The average molecular weight is 496 g/mol. The third-order valence-corrected chi connectivity index (χ3v) is 7.97. The zero-order valence-electron chi connectivity index (χ0n) is 19.5. The molecular formula is C25H29N5O4S. The van der Waals surface area contributed by atoms with Crippen LogP contribution in [-0.4, -0.2) is 84.8 Å². The maximum Gasteiger partial charge on any atom is 0.244 e. The van der Waals surface area contributed by atoms with Crippen LogP contribution in [0, 0.1) is 0 Å². The molecule has 3 atom stereocenters. The Kier molecular flexibility index (Phi) is 6.81. The van der Waals surface area contributed by atoms with E-state index in [9.17, 15) is 13.5 Å². The molecular weight excluding hydrogens is 466 g/mol. The molecule has 1 aromatic carbocycles. The quantitative estimate of drug-likeness (QED) is 0.561. The number of aliphatic hydroxyl groups excluding tert-OH is 1. The molecule has 2 N–H and O–H groups in total. The van der Waals surface area contributed by atoms with Crippen molar-refractivity contribution in [3.8, 4) is 16.9 Å². The monoisotopic (exact) mass is 495 g/mol. The molecule has 35 heavy (non-hydrogen) atoms. The normalized spacial score (nSPS) is 25.1. The van der Waals surface area contributed by atoms with E-state index in [0.29, 0.717) is 31.9 Å². The van der Waals surface area contributed by atoms with E-state index in [-0.39, 0.29) is 23.6 Å². The van der Waals surface area contributed by atoms with E-state index in [0.717, 1.165) is 16.8 Å². The van der Waals surface area contributed by atoms with Crippen molar-refractivity contribution >= 4 is 10.0 Å². The number of β-amino-alcohol motifs (C(OH)–C–C–N with tert-alkyl or cyclic N) is 1. The van der Waals surface area contributed by atoms with Crippen LogP contribution in [0.4, 0.5) is 0 Å². The van der Waals surface area contributed by atoms with E-state index in [1.807, 2.05) is 37.4 Å². The number of pyridine rings is 2. The van der Waals surface area contributed by atoms with Gasteiger partial charge in [0.1, 0.15) is 16.7 Å². The van der Waals surface area contributed by atoms with Crippen LogP contribution in [0.3, 0.4) is 0 Å².